The first kappa shape index (κ1) is 18.0. The summed E-state index contributed by atoms with van der Waals surface area (Å²) >= 11 is 3.34. The highest BCUT2D eigenvalue weighted by Gasteiger charge is 2.15. The molecule has 1 amide bonds. The molecule has 0 bridgehead atoms. The minimum atomic E-state index is -0.431. The quantitative estimate of drug-likeness (QED) is 0.704. The van der Waals surface area contributed by atoms with Crippen LogP contribution >= 0.6 is 15.9 Å². The summed E-state index contributed by atoms with van der Waals surface area (Å²) in [4.78, 5) is 25.5. The molecule has 0 radical (unpaired) electrons. The maximum absolute atomic E-state index is 12.4. The average molecular weight is 392 g/mol. The second-order valence-electron chi connectivity index (χ2n) is 4.90. The molecular weight excluding hydrogens is 374 g/mol. The second-order valence-corrected chi connectivity index (χ2v) is 5.75. The van der Waals surface area contributed by atoms with Gasteiger partial charge in [-0.05, 0) is 53.2 Å². The Morgan fingerprint density at radius 1 is 1.12 bits per heavy atom. The average Bonchev–Trinajstić information content (AvgIpc) is 2.61. The van der Waals surface area contributed by atoms with E-state index in [9.17, 15) is 9.59 Å². The van der Waals surface area contributed by atoms with E-state index in [2.05, 4.69) is 20.7 Å². The Kier molecular flexibility index (Phi) is 6.37. The Labute approximate surface area is 149 Å². The van der Waals surface area contributed by atoms with Crippen LogP contribution in [0.4, 0.5) is 5.69 Å². The van der Waals surface area contributed by atoms with Crippen molar-refractivity contribution in [2.75, 3.05) is 25.2 Å². The summed E-state index contributed by atoms with van der Waals surface area (Å²) in [5, 5.41) is 0. The van der Waals surface area contributed by atoms with Crippen LogP contribution in [0, 0.1) is 0 Å². The maximum atomic E-state index is 12.4. The summed E-state index contributed by atoms with van der Waals surface area (Å²) in [5.41, 5.74) is 1.23. The first-order valence-corrected chi connectivity index (χ1v) is 8.22. The zero-order valence-corrected chi connectivity index (χ0v) is 15.1. The lowest BCUT2D eigenvalue weighted by Gasteiger charge is -2.21. The van der Waals surface area contributed by atoms with Gasteiger partial charge in [-0.25, -0.2) is 4.79 Å². The molecule has 2 aromatic carbocycles. The van der Waals surface area contributed by atoms with Crippen LogP contribution in [0.3, 0.4) is 0 Å². The summed E-state index contributed by atoms with van der Waals surface area (Å²) in [5.74, 6) is -0.0904. The van der Waals surface area contributed by atoms with Crippen LogP contribution in [0.15, 0.2) is 53.0 Å². The Morgan fingerprint density at radius 2 is 1.83 bits per heavy atom. The molecule has 0 saturated carbocycles. The third kappa shape index (κ3) is 4.35. The Bertz CT molecular complexity index is 718. The van der Waals surface area contributed by atoms with Crippen molar-refractivity contribution >= 4 is 33.5 Å². The topological polar surface area (TPSA) is 55.8 Å². The van der Waals surface area contributed by atoms with E-state index in [-0.39, 0.29) is 12.5 Å². The van der Waals surface area contributed by atoms with Gasteiger partial charge in [-0.2, -0.15) is 0 Å². The first-order chi connectivity index (χ1) is 11.6. The third-order valence-electron chi connectivity index (χ3n) is 3.39. The molecule has 6 heteroatoms. The number of hydrogen-bond acceptors (Lipinski definition) is 4. The number of esters is 1. The number of likely N-dealkylation sites (N-methyl/N-ethyl adjacent to an activating group) is 1. The molecule has 0 unspecified atom stereocenters. The lowest BCUT2D eigenvalue weighted by Crippen LogP contribution is -2.34. The number of benzene rings is 2. The van der Waals surface area contributed by atoms with E-state index < -0.39 is 5.97 Å². The lowest BCUT2D eigenvalue weighted by atomic mass is 10.2. The number of para-hydroxylation sites is 1. The molecule has 0 spiro atoms. The molecule has 0 aliphatic rings. The van der Waals surface area contributed by atoms with Gasteiger partial charge in [0.15, 0.2) is 6.61 Å². The van der Waals surface area contributed by atoms with E-state index in [0.29, 0.717) is 22.3 Å². The van der Waals surface area contributed by atoms with E-state index in [1.54, 1.807) is 23.1 Å². The summed E-state index contributed by atoms with van der Waals surface area (Å²) in [6.07, 6.45) is 0. The van der Waals surface area contributed by atoms with Crippen molar-refractivity contribution in [1.82, 2.24) is 0 Å². The number of carbonyl (C=O) groups is 2. The van der Waals surface area contributed by atoms with E-state index in [4.69, 9.17) is 4.74 Å². The van der Waals surface area contributed by atoms with Crippen LogP contribution in [0.5, 0.6) is 5.75 Å². The highest BCUT2D eigenvalue weighted by molar-refractivity contribution is 9.10. The summed E-state index contributed by atoms with van der Waals surface area (Å²) in [6, 6.07) is 14.2. The molecule has 0 aliphatic heterocycles. The van der Waals surface area contributed by atoms with Crippen molar-refractivity contribution in [3.8, 4) is 5.75 Å². The van der Waals surface area contributed by atoms with Gasteiger partial charge in [0.25, 0.3) is 5.91 Å². The second kappa shape index (κ2) is 8.49. The molecule has 126 valence electrons. The first-order valence-electron chi connectivity index (χ1n) is 7.43. The van der Waals surface area contributed by atoms with Gasteiger partial charge in [-0.15, -0.1) is 0 Å². The van der Waals surface area contributed by atoms with Crippen molar-refractivity contribution in [1.29, 1.82) is 0 Å². The fraction of sp³-hybridized carbons (Fsp3) is 0.222. The lowest BCUT2D eigenvalue weighted by molar-refractivity contribution is -0.120. The van der Waals surface area contributed by atoms with Gasteiger partial charge < -0.3 is 14.4 Å². The van der Waals surface area contributed by atoms with Gasteiger partial charge in [0.2, 0.25) is 0 Å². The molecule has 0 heterocycles. The summed E-state index contributed by atoms with van der Waals surface area (Å²) in [7, 11) is 1.32. The highest BCUT2D eigenvalue weighted by atomic mass is 79.9. The zero-order chi connectivity index (χ0) is 17.5. The Morgan fingerprint density at radius 3 is 2.42 bits per heavy atom. The number of ether oxygens (including phenoxy) is 2. The zero-order valence-electron chi connectivity index (χ0n) is 13.5. The molecule has 0 saturated heterocycles. The van der Waals surface area contributed by atoms with Crippen molar-refractivity contribution < 1.29 is 19.1 Å². The van der Waals surface area contributed by atoms with Gasteiger partial charge in [0.1, 0.15) is 5.75 Å². The van der Waals surface area contributed by atoms with Gasteiger partial charge in [-0.1, -0.05) is 18.2 Å². The molecule has 0 aromatic heterocycles. The van der Waals surface area contributed by atoms with Gasteiger partial charge in [-0.3, -0.25) is 4.79 Å². The van der Waals surface area contributed by atoms with E-state index >= 15 is 0 Å². The Hall–Kier alpha value is -2.34. The molecule has 5 nitrogen and oxygen atoms in total. The SMILES string of the molecule is CCN(C(=O)COc1ccc(C(=O)OC)cc1Br)c1ccccc1. The van der Waals surface area contributed by atoms with Crippen LogP contribution in [0.1, 0.15) is 17.3 Å². The monoisotopic (exact) mass is 391 g/mol. The molecular formula is C18H18BrNO4. The van der Waals surface area contributed by atoms with Crippen molar-refractivity contribution in [2.45, 2.75) is 6.92 Å². The Balaban J connectivity index is 2.04. The molecule has 0 fully saturated rings. The largest absolute Gasteiger partial charge is 0.483 e. The number of anilines is 1. The van der Waals surface area contributed by atoms with Crippen LogP contribution < -0.4 is 9.64 Å². The third-order valence-corrected chi connectivity index (χ3v) is 4.01. The number of carbonyl (C=O) groups excluding carboxylic acids is 2. The normalized spacial score (nSPS) is 10.1. The van der Waals surface area contributed by atoms with Crippen molar-refractivity contribution in [2.24, 2.45) is 0 Å². The fourth-order valence-electron chi connectivity index (χ4n) is 2.19. The molecule has 0 aliphatic carbocycles. The molecule has 0 N–H and O–H groups in total. The van der Waals surface area contributed by atoms with Crippen LogP contribution in [-0.4, -0.2) is 32.1 Å². The summed E-state index contributed by atoms with van der Waals surface area (Å²) < 4.78 is 10.8. The smallest absolute Gasteiger partial charge is 0.337 e. The highest BCUT2D eigenvalue weighted by Crippen LogP contribution is 2.26. The molecule has 2 aromatic rings. The van der Waals surface area contributed by atoms with Crippen molar-refractivity contribution in [3.05, 3.63) is 58.6 Å². The number of amides is 1. The molecule has 24 heavy (non-hydrogen) atoms. The number of rotatable bonds is 6. The predicted molar refractivity (Wildman–Crippen MR) is 95.4 cm³/mol. The van der Waals surface area contributed by atoms with Gasteiger partial charge in [0.05, 0.1) is 17.1 Å². The van der Waals surface area contributed by atoms with E-state index in [1.165, 1.54) is 7.11 Å². The standard InChI is InChI=1S/C18H18BrNO4/c1-3-20(14-7-5-4-6-8-14)17(21)12-24-16-10-9-13(11-15(16)19)18(22)23-2/h4-11H,3,12H2,1-2H3. The molecule has 2 rings (SSSR count). The van der Waals surface area contributed by atoms with E-state index in [0.717, 1.165) is 5.69 Å². The van der Waals surface area contributed by atoms with E-state index in [1.807, 2.05) is 37.3 Å². The number of hydrogen-bond donors (Lipinski definition) is 0. The number of methoxy groups -OCH3 is 1. The minimum absolute atomic E-state index is 0.0983. The van der Waals surface area contributed by atoms with Crippen LogP contribution in [-0.2, 0) is 9.53 Å². The minimum Gasteiger partial charge on any atom is -0.483 e. The predicted octanol–water partition coefficient (Wildman–Crippen LogP) is 3.67. The van der Waals surface area contributed by atoms with Crippen molar-refractivity contribution in [3.63, 3.8) is 0 Å². The summed E-state index contributed by atoms with van der Waals surface area (Å²) in [6.45, 7) is 2.36. The number of nitrogens with zero attached hydrogens (tertiary/aromatic N) is 1. The maximum Gasteiger partial charge on any atom is 0.337 e. The fourth-order valence-corrected chi connectivity index (χ4v) is 2.68. The van der Waals surface area contributed by atoms with Crippen LogP contribution in [0.2, 0.25) is 0 Å². The number of halogens is 1. The van der Waals surface area contributed by atoms with Crippen LogP contribution in [0.25, 0.3) is 0 Å². The molecule has 0 atom stereocenters. The van der Waals surface area contributed by atoms with Gasteiger partial charge >= 0.3 is 5.97 Å². The van der Waals surface area contributed by atoms with Gasteiger partial charge in [0, 0.05) is 12.2 Å².